The molecule has 0 aliphatic carbocycles. The van der Waals surface area contributed by atoms with Gasteiger partial charge in [0.05, 0.1) is 11.6 Å². The summed E-state index contributed by atoms with van der Waals surface area (Å²) in [6.45, 7) is 0.362. The smallest absolute Gasteiger partial charge is 0.141 e. The van der Waals surface area contributed by atoms with Crippen molar-refractivity contribution in [1.82, 2.24) is 0 Å². The molecule has 0 aromatic heterocycles. The highest BCUT2D eigenvalue weighted by atomic mass is 79.9. The van der Waals surface area contributed by atoms with Crippen molar-refractivity contribution in [3.05, 3.63) is 52.3 Å². The topological polar surface area (TPSA) is 44.5 Å². The molecule has 2 N–H and O–H groups in total. The van der Waals surface area contributed by atoms with Gasteiger partial charge in [-0.05, 0) is 59.2 Å². The summed E-state index contributed by atoms with van der Waals surface area (Å²) in [5, 5.41) is 0. The fourth-order valence-electron chi connectivity index (χ4n) is 1.83. The lowest BCUT2D eigenvalue weighted by atomic mass is 10.1. The van der Waals surface area contributed by atoms with Crippen LogP contribution in [0.1, 0.15) is 5.56 Å². The summed E-state index contributed by atoms with van der Waals surface area (Å²) in [5.41, 5.74) is 6.00. The molecule has 0 unspecified atom stereocenters. The minimum absolute atomic E-state index is 0.308. The van der Waals surface area contributed by atoms with E-state index in [1.54, 1.807) is 37.4 Å². The zero-order chi connectivity index (χ0) is 14.5. The molecule has 0 atom stereocenters. The Morgan fingerprint density at radius 2 is 2.00 bits per heavy atom. The summed E-state index contributed by atoms with van der Waals surface area (Å²) in [6, 6.07) is 10.1. The van der Waals surface area contributed by atoms with Crippen LogP contribution < -0.4 is 15.2 Å². The van der Waals surface area contributed by atoms with Crippen molar-refractivity contribution in [2.45, 2.75) is 6.42 Å². The maximum Gasteiger partial charge on any atom is 0.141 e. The van der Waals surface area contributed by atoms with E-state index in [0.717, 1.165) is 4.47 Å². The number of benzene rings is 2. The van der Waals surface area contributed by atoms with E-state index in [1.165, 1.54) is 6.07 Å². The summed E-state index contributed by atoms with van der Waals surface area (Å²) >= 11 is 3.40. The lowest BCUT2D eigenvalue weighted by molar-refractivity contribution is 0.411. The summed E-state index contributed by atoms with van der Waals surface area (Å²) in [5.74, 6) is 1.47. The quantitative estimate of drug-likeness (QED) is 0.898. The van der Waals surface area contributed by atoms with Gasteiger partial charge in [0.15, 0.2) is 0 Å². The minimum atomic E-state index is -0.308. The van der Waals surface area contributed by atoms with Gasteiger partial charge >= 0.3 is 0 Å². The van der Waals surface area contributed by atoms with Gasteiger partial charge in [0.25, 0.3) is 0 Å². The Hall–Kier alpha value is -1.59. The molecule has 0 saturated heterocycles. The second kappa shape index (κ2) is 6.72. The van der Waals surface area contributed by atoms with Gasteiger partial charge in [-0.15, -0.1) is 0 Å². The molecular formula is C15H15BrFNO2. The Morgan fingerprint density at radius 1 is 1.20 bits per heavy atom. The number of rotatable bonds is 5. The van der Waals surface area contributed by atoms with Crippen molar-refractivity contribution in [2.75, 3.05) is 13.7 Å². The van der Waals surface area contributed by atoms with Gasteiger partial charge in [0.1, 0.15) is 23.1 Å². The maximum absolute atomic E-state index is 13.8. The summed E-state index contributed by atoms with van der Waals surface area (Å²) in [4.78, 5) is 0. The van der Waals surface area contributed by atoms with Gasteiger partial charge in [-0.2, -0.15) is 0 Å². The molecule has 3 nitrogen and oxygen atoms in total. The number of ether oxygens (including phenoxy) is 2. The normalized spacial score (nSPS) is 10.4. The van der Waals surface area contributed by atoms with Crippen molar-refractivity contribution in [3.8, 4) is 17.2 Å². The molecule has 0 amide bonds. The average molecular weight is 340 g/mol. The van der Waals surface area contributed by atoms with E-state index in [0.29, 0.717) is 35.8 Å². The number of methoxy groups -OCH3 is 1. The highest BCUT2D eigenvalue weighted by Gasteiger charge is 2.11. The molecule has 2 rings (SSSR count). The molecule has 106 valence electrons. The molecule has 0 spiro atoms. The third-order valence-electron chi connectivity index (χ3n) is 2.83. The number of hydrogen-bond acceptors (Lipinski definition) is 3. The van der Waals surface area contributed by atoms with Crippen LogP contribution in [0.3, 0.4) is 0 Å². The van der Waals surface area contributed by atoms with Gasteiger partial charge in [-0.3, -0.25) is 0 Å². The van der Waals surface area contributed by atoms with Gasteiger partial charge in [-0.1, -0.05) is 6.07 Å². The van der Waals surface area contributed by atoms with Crippen LogP contribution in [-0.4, -0.2) is 13.7 Å². The summed E-state index contributed by atoms with van der Waals surface area (Å²) < 4.78 is 25.4. The van der Waals surface area contributed by atoms with E-state index >= 15 is 0 Å². The van der Waals surface area contributed by atoms with E-state index < -0.39 is 0 Å². The average Bonchev–Trinajstić information content (AvgIpc) is 2.44. The molecule has 20 heavy (non-hydrogen) atoms. The van der Waals surface area contributed by atoms with Crippen molar-refractivity contribution in [1.29, 1.82) is 0 Å². The Kier molecular flexibility index (Phi) is 4.98. The van der Waals surface area contributed by atoms with Crippen LogP contribution in [0.4, 0.5) is 4.39 Å². The SMILES string of the molecule is COc1ccc(Oc2cccc(F)c2CCN)c(Br)c1. The molecule has 2 aromatic carbocycles. The molecule has 0 aliphatic rings. The van der Waals surface area contributed by atoms with E-state index in [1.807, 2.05) is 0 Å². The zero-order valence-electron chi connectivity index (χ0n) is 11.0. The Labute approximate surface area is 125 Å². The number of nitrogens with two attached hydrogens (primary N) is 1. The van der Waals surface area contributed by atoms with Crippen LogP contribution in [0.15, 0.2) is 40.9 Å². The zero-order valence-corrected chi connectivity index (χ0v) is 12.6. The minimum Gasteiger partial charge on any atom is -0.497 e. The highest BCUT2D eigenvalue weighted by molar-refractivity contribution is 9.10. The first-order chi connectivity index (χ1) is 9.65. The predicted molar refractivity (Wildman–Crippen MR) is 79.9 cm³/mol. The van der Waals surface area contributed by atoms with Crippen LogP contribution in [0.5, 0.6) is 17.2 Å². The van der Waals surface area contributed by atoms with Gasteiger partial charge in [0, 0.05) is 5.56 Å². The van der Waals surface area contributed by atoms with Gasteiger partial charge in [0.2, 0.25) is 0 Å². The third-order valence-corrected chi connectivity index (χ3v) is 3.45. The van der Waals surface area contributed by atoms with Gasteiger partial charge in [-0.25, -0.2) is 4.39 Å². The highest BCUT2D eigenvalue weighted by Crippen LogP contribution is 2.34. The molecule has 0 aliphatic heterocycles. The maximum atomic E-state index is 13.8. The first kappa shape index (κ1) is 14.8. The molecule has 5 heteroatoms. The van der Waals surface area contributed by atoms with E-state index in [2.05, 4.69) is 15.9 Å². The summed E-state index contributed by atoms with van der Waals surface area (Å²) in [6.07, 6.45) is 0.426. The van der Waals surface area contributed by atoms with Crippen molar-refractivity contribution in [3.63, 3.8) is 0 Å². The van der Waals surface area contributed by atoms with Crippen molar-refractivity contribution in [2.24, 2.45) is 5.73 Å². The lowest BCUT2D eigenvalue weighted by Crippen LogP contribution is -2.06. The largest absolute Gasteiger partial charge is 0.497 e. The van der Waals surface area contributed by atoms with Crippen LogP contribution in [0.25, 0.3) is 0 Å². The molecule has 0 saturated carbocycles. The Balaban J connectivity index is 2.32. The molecule has 0 heterocycles. The molecule has 0 fully saturated rings. The summed E-state index contributed by atoms with van der Waals surface area (Å²) in [7, 11) is 1.59. The van der Waals surface area contributed by atoms with E-state index in [4.69, 9.17) is 15.2 Å². The van der Waals surface area contributed by atoms with E-state index in [-0.39, 0.29) is 5.82 Å². The van der Waals surface area contributed by atoms with Crippen molar-refractivity contribution >= 4 is 15.9 Å². The molecular weight excluding hydrogens is 325 g/mol. The Morgan fingerprint density at radius 3 is 2.65 bits per heavy atom. The first-order valence-corrected chi connectivity index (χ1v) is 6.94. The molecule has 2 aromatic rings. The van der Waals surface area contributed by atoms with Crippen LogP contribution >= 0.6 is 15.9 Å². The van der Waals surface area contributed by atoms with Crippen LogP contribution in [-0.2, 0) is 6.42 Å². The fourth-order valence-corrected chi connectivity index (χ4v) is 2.27. The van der Waals surface area contributed by atoms with E-state index in [9.17, 15) is 4.39 Å². The van der Waals surface area contributed by atoms with Crippen LogP contribution in [0.2, 0.25) is 0 Å². The second-order valence-electron chi connectivity index (χ2n) is 4.15. The standard InChI is InChI=1S/C15H15BrFNO2/c1-19-10-5-6-15(12(16)9-10)20-14-4-2-3-13(17)11(14)7-8-18/h2-6,9H,7-8,18H2,1H3. The predicted octanol–water partition coefficient (Wildman–Crippen LogP) is 3.89. The van der Waals surface area contributed by atoms with Gasteiger partial charge < -0.3 is 15.2 Å². The van der Waals surface area contributed by atoms with Crippen molar-refractivity contribution < 1.29 is 13.9 Å². The second-order valence-corrected chi connectivity index (χ2v) is 5.01. The third kappa shape index (κ3) is 3.29. The lowest BCUT2D eigenvalue weighted by Gasteiger charge is -2.13. The van der Waals surface area contributed by atoms with Crippen LogP contribution in [0, 0.1) is 5.82 Å². The fraction of sp³-hybridized carbons (Fsp3) is 0.200. The number of halogens is 2. The monoisotopic (exact) mass is 339 g/mol. The Bertz CT molecular complexity index is 604. The molecule has 0 bridgehead atoms. The first-order valence-electron chi connectivity index (χ1n) is 6.14. The molecule has 0 radical (unpaired) electrons. The number of hydrogen-bond donors (Lipinski definition) is 1.